The highest BCUT2D eigenvalue weighted by Crippen LogP contribution is 2.47. The first kappa shape index (κ1) is 24.3. The Morgan fingerprint density at radius 2 is 1.94 bits per heavy atom. The van der Waals surface area contributed by atoms with E-state index in [9.17, 15) is 14.7 Å². The number of carbonyl (C=O) groups is 2. The Morgan fingerprint density at radius 1 is 1.17 bits per heavy atom. The Labute approximate surface area is 211 Å². The second kappa shape index (κ2) is 9.59. The van der Waals surface area contributed by atoms with Gasteiger partial charge in [0.25, 0.3) is 5.91 Å². The van der Waals surface area contributed by atoms with E-state index in [0.717, 1.165) is 33.5 Å². The second-order valence-electron chi connectivity index (χ2n) is 9.95. The maximum Gasteiger partial charge on any atom is 0.328 e. The van der Waals surface area contributed by atoms with Crippen molar-refractivity contribution in [3.63, 3.8) is 0 Å². The number of nitrogens with one attached hydrogen (secondary N) is 1. The van der Waals surface area contributed by atoms with Gasteiger partial charge in [0, 0.05) is 42.7 Å². The van der Waals surface area contributed by atoms with E-state index in [2.05, 4.69) is 17.1 Å². The van der Waals surface area contributed by atoms with E-state index in [1.165, 1.54) is 4.90 Å². The number of urea groups is 1. The summed E-state index contributed by atoms with van der Waals surface area (Å²) in [5.41, 5.74) is 3.17. The van der Waals surface area contributed by atoms with Gasteiger partial charge in [0.1, 0.15) is 11.3 Å². The summed E-state index contributed by atoms with van der Waals surface area (Å²) in [5, 5.41) is 10.3. The van der Waals surface area contributed by atoms with Gasteiger partial charge in [-0.15, -0.1) is 0 Å². The minimum atomic E-state index is -0.976. The average Bonchev–Trinajstić information content (AvgIpc) is 3.31. The maximum absolute atomic E-state index is 13.8. The number of hydrogen-bond donors (Lipinski definition) is 2. The molecule has 3 aromatic rings. The van der Waals surface area contributed by atoms with Crippen molar-refractivity contribution in [2.45, 2.75) is 38.3 Å². The number of aliphatic hydroxyl groups excluding tert-OH is 1. The van der Waals surface area contributed by atoms with Gasteiger partial charge in [-0.3, -0.25) is 9.69 Å². The molecule has 36 heavy (non-hydrogen) atoms. The maximum atomic E-state index is 13.8. The molecule has 1 aromatic heterocycles. The van der Waals surface area contributed by atoms with Crippen molar-refractivity contribution in [1.82, 2.24) is 19.7 Å². The van der Waals surface area contributed by atoms with Gasteiger partial charge in [-0.2, -0.15) is 0 Å². The predicted octanol–water partition coefficient (Wildman–Crippen LogP) is 3.35. The summed E-state index contributed by atoms with van der Waals surface area (Å²) >= 11 is 0. The van der Waals surface area contributed by atoms with Crippen molar-refractivity contribution < 1.29 is 19.4 Å². The molecule has 0 spiro atoms. The van der Waals surface area contributed by atoms with Crippen molar-refractivity contribution in [3.8, 4) is 5.75 Å². The third-order valence-electron chi connectivity index (χ3n) is 7.52. The van der Waals surface area contributed by atoms with Gasteiger partial charge in [-0.1, -0.05) is 30.3 Å². The molecule has 2 atom stereocenters. The molecule has 190 valence electrons. The van der Waals surface area contributed by atoms with E-state index in [0.29, 0.717) is 39.1 Å². The molecule has 0 saturated carbocycles. The fourth-order valence-corrected chi connectivity index (χ4v) is 5.69. The number of aliphatic hydroxyl groups is 1. The lowest BCUT2D eigenvalue weighted by Gasteiger charge is -2.42. The topological polar surface area (TPSA) is 89.1 Å². The monoisotopic (exact) mass is 490 g/mol. The molecule has 2 aliphatic rings. The molecule has 1 fully saturated rings. The molecule has 8 nitrogen and oxygen atoms in total. The minimum Gasteiger partial charge on any atom is -0.494 e. The van der Waals surface area contributed by atoms with Crippen LogP contribution in [0.5, 0.6) is 5.75 Å². The Balaban J connectivity index is 1.58. The number of aromatic amines is 1. The molecule has 8 heteroatoms. The van der Waals surface area contributed by atoms with Crippen molar-refractivity contribution in [1.29, 1.82) is 0 Å². The highest BCUT2D eigenvalue weighted by atomic mass is 16.5. The largest absolute Gasteiger partial charge is 0.494 e. The summed E-state index contributed by atoms with van der Waals surface area (Å²) < 4.78 is 5.76. The number of fused-ring (bicyclic) bond motifs is 4. The number of hydrogen-bond acceptors (Lipinski definition) is 5. The SMILES string of the molecule is CCOc1ccc2[nH]c3c(c2c1)C[C@@]1(C)C(=O)N(CCN(C)CCO)C(=O)N1C3Cc1ccccc1. The van der Waals surface area contributed by atoms with Crippen molar-refractivity contribution in [2.75, 3.05) is 39.9 Å². The third kappa shape index (κ3) is 4.04. The van der Waals surface area contributed by atoms with Crippen molar-refractivity contribution in [3.05, 3.63) is 65.4 Å². The average molecular weight is 491 g/mol. The van der Waals surface area contributed by atoms with Crippen LogP contribution in [-0.4, -0.2) is 82.2 Å². The van der Waals surface area contributed by atoms with Gasteiger partial charge in [0.05, 0.1) is 19.3 Å². The van der Waals surface area contributed by atoms with E-state index < -0.39 is 5.54 Å². The second-order valence-corrected chi connectivity index (χ2v) is 9.95. The van der Waals surface area contributed by atoms with E-state index >= 15 is 0 Å². The van der Waals surface area contributed by atoms with Crippen molar-refractivity contribution in [2.24, 2.45) is 0 Å². The standard InChI is InChI=1S/C28H34N4O4/c1-4-36-20-10-11-23-21(17-20)22-18-28(2)26(34)31(13-12-30(3)14-15-33)27(35)32(28)24(25(22)29-23)16-19-8-6-5-7-9-19/h5-11,17,24,29,33H,4,12-16,18H2,1-3H3/t24?,28-/m0/s1. The van der Waals surface area contributed by atoms with Gasteiger partial charge >= 0.3 is 6.03 Å². The molecule has 3 heterocycles. The normalized spacial score (nSPS) is 21.4. The van der Waals surface area contributed by atoms with Crippen LogP contribution in [0, 0.1) is 0 Å². The van der Waals surface area contributed by atoms with Crippen LogP contribution in [0.15, 0.2) is 48.5 Å². The third-order valence-corrected chi connectivity index (χ3v) is 7.52. The fourth-order valence-electron chi connectivity index (χ4n) is 5.69. The summed E-state index contributed by atoms with van der Waals surface area (Å²) in [7, 11) is 1.88. The molecule has 5 rings (SSSR count). The smallest absolute Gasteiger partial charge is 0.328 e. The van der Waals surface area contributed by atoms with Gasteiger partial charge in [0.15, 0.2) is 0 Å². The number of aromatic nitrogens is 1. The lowest BCUT2D eigenvalue weighted by Crippen LogP contribution is -2.53. The lowest BCUT2D eigenvalue weighted by atomic mass is 9.81. The number of carbonyl (C=O) groups excluding carboxylic acids is 2. The minimum absolute atomic E-state index is 0.0346. The highest BCUT2D eigenvalue weighted by Gasteiger charge is 2.59. The van der Waals surface area contributed by atoms with Crippen LogP contribution in [0.3, 0.4) is 0 Å². The summed E-state index contributed by atoms with van der Waals surface area (Å²) in [6.45, 7) is 5.77. The Morgan fingerprint density at radius 3 is 2.67 bits per heavy atom. The molecule has 3 amide bonds. The van der Waals surface area contributed by atoms with E-state index in [1.807, 2.05) is 62.2 Å². The van der Waals surface area contributed by atoms with Crippen LogP contribution < -0.4 is 4.74 Å². The predicted molar refractivity (Wildman–Crippen MR) is 138 cm³/mol. The molecule has 0 aliphatic carbocycles. The first-order valence-corrected chi connectivity index (χ1v) is 12.6. The molecule has 1 unspecified atom stereocenters. The summed E-state index contributed by atoms with van der Waals surface area (Å²) in [6.07, 6.45) is 1.04. The van der Waals surface area contributed by atoms with Crippen LogP contribution in [0.25, 0.3) is 10.9 Å². The summed E-state index contributed by atoms with van der Waals surface area (Å²) in [4.78, 5) is 36.4. The molecule has 1 saturated heterocycles. The summed E-state index contributed by atoms with van der Waals surface area (Å²) in [6, 6.07) is 15.5. The van der Waals surface area contributed by atoms with E-state index in [-0.39, 0.29) is 24.6 Å². The quantitative estimate of drug-likeness (QED) is 0.449. The van der Waals surface area contributed by atoms with Crippen LogP contribution in [0.4, 0.5) is 4.79 Å². The van der Waals surface area contributed by atoms with E-state index in [1.54, 1.807) is 4.90 Å². The molecule has 2 aromatic carbocycles. The lowest BCUT2D eigenvalue weighted by molar-refractivity contribution is -0.133. The number of H-pyrrole nitrogens is 1. The molecule has 2 aliphatic heterocycles. The van der Waals surface area contributed by atoms with Gasteiger partial charge in [-0.05, 0) is 56.6 Å². The molecule has 2 N–H and O–H groups in total. The molecule has 0 radical (unpaired) electrons. The van der Waals surface area contributed by atoms with Crippen LogP contribution in [-0.2, 0) is 17.6 Å². The highest BCUT2D eigenvalue weighted by molar-refractivity contribution is 6.08. The number of nitrogens with zero attached hydrogens (tertiary/aromatic N) is 3. The molecular weight excluding hydrogens is 456 g/mol. The molecule has 0 bridgehead atoms. The van der Waals surface area contributed by atoms with E-state index in [4.69, 9.17) is 4.74 Å². The van der Waals surface area contributed by atoms with Gasteiger partial charge < -0.3 is 24.6 Å². The number of imide groups is 1. The van der Waals surface area contributed by atoms with Crippen LogP contribution >= 0.6 is 0 Å². The Kier molecular flexibility index (Phi) is 6.49. The first-order valence-electron chi connectivity index (χ1n) is 12.6. The first-order chi connectivity index (χ1) is 17.4. The number of rotatable bonds is 9. The Hall–Kier alpha value is -3.36. The summed E-state index contributed by atoms with van der Waals surface area (Å²) in [5.74, 6) is 0.630. The zero-order valence-corrected chi connectivity index (χ0v) is 21.2. The zero-order chi connectivity index (χ0) is 25.4. The number of ether oxygens (including phenoxy) is 1. The van der Waals surface area contributed by atoms with Gasteiger partial charge in [0.2, 0.25) is 0 Å². The molecular formula is C28H34N4O4. The Bertz CT molecular complexity index is 1270. The van der Waals surface area contributed by atoms with Crippen molar-refractivity contribution >= 4 is 22.8 Å². The number of likely N-dealkylation sites (N-methyl/N-ethyl adjacent to an activating group) is 1. The zero-order valence-electron chi connectivity index (χ0n) is 21.2. The number of amides is 3. The van der Waals surface area contributed by atoms with Gasteiger partial charge in [-0.25, -0.2) is 4.79 Å². The van der Waals surface area contributed by atoms with Crippen LogP contribution in [0.2, 0.25) is 0 Å². The number of benzene rings is 2. The van der Waals surface area contributed by atoms with Crippen LogP contribution in [0.1, 0.15) is 36.7 Å². The fraction of sp³-hybridized carbons (Fsp3) is 0.429.